The third-order valence-corrected chi connectivity index (χ3v) is 8.69. The SMILES string of the molecule is O=C(c1cccc(N2CCCS2(=O)=O)c1)N1CCc2sccc2C1c1ccccc1. The number of thiophene rings is 1. The number of benzene rings is 2. The summed E-state index contributed by atoms with van der Waals surface area (Å²) in [5, 5.41) is 2.09. The first-order valence-corrected chi connectivity index (χ1v) is 12.6. The van der Waals surface area contributed by atoms with Crippen LogP contribution in [0.15, 0.2) is 66.0 Å². The molecule has 0 aliphatic carbocycles. The molecule has 1 atom stereocenters. The van der Waals surface area contributed by atoms with Crippen LogP contribution in [0, 0.1) is 0 Å². The number of hydrogen-bond acceptors (Lipinski definition) is 4. The monoisotopic (exact) mass is 438 g/mol. The second-order valence-corrected chi connectivity index (χ2v) is 10.7. The van der Waals surface area contributed by atoms with Gasteiger partial charge in [-0.25, -0.2) is 8.42 Å². The zero-order chi connectivity index (χ0) is 20.7. The maximum atomic E-state index is 13.6. The van der Waals surface area contributed by atoms with Crippen molar-refractivity contribution in [3.63, 3.8) is 0 Å². The Morgan fingerprint density at radius 2 is 1.83 bits per heavy atom. The molecule has 5 nitrogen and oxygen atoms in total. The summed E-state index contributed by atoms with van der Waals surface area (Å²) < 4.78 is 26.1. The highest BCUT2D eigenvalue weighted by atomic mass is 32.2. The van der Waals surface area contributed by atoms with E-state index >= 15 is 0 Å². The van der Waals surface area contributed by atoms with Gasteiger partial charge in [0.25, 0.3) is 5.91 Å². The molecule has 3 heterocycles. The molecule has 0 saturated carbocycles. The van der Waals surface area contributed by atoms with Gasteiger partial charge >= 0.3 is 0 Å². The first kappa shape index (κ1) is 19.3. The van der Waals surface area contributed by atoms with E-state index in [0.717, 1.165) is 12.0 Å². The molecule has 0 bridgehead atoms. The molecule has 30 heavy (non-hydrogen) atoms. The summed E-state index contributed by atoms with van der Waals surface area (Å²) in [4.78, 5) is 16.8. The van der Waals surface area contributed by atoms with Gasteiger partial charge in [0.15, 0.2) is 0 Å². The van der Waals surface area contributed by atoms with Crippen molar-refractivity contribution in [1.82, 2.24) is 4.90 Å². The minimum atomic E-state index is -3.28. The van der Waals surface area contributed by atoms with Gasteiger partial charge < -0.3 is 4.90 Å². The molecule has 5 rings (SSSR count). The summed E-state index contributed by atoms with van der Waals surface area (Å²) in [6.07, 6.45) is 1.45. The summed E-state index contributed by atoms with van der Waals surface area (Å²) in [6.45, 7) is 1.10. The lowest BCUT2D eigenvalue weighted by molar-refractivity contribution is 0.0696. The van der Waals surface area contributed by atoms with Crippen LogP contribution in [0.4, 0.5) is 5.69 Å². The van der Waals surface area contributed by atoms with Crippen LogP contribution in [0.1, 0.15) is 38.8 Å². The minimum Gasteiger partial charge on any atom is -0.327 e. The Morgan fingerprint density at radius 1 is 1.00 bits per heavy atom. The summed E-state index contributed by atoms with van der Waals surface area (Å²) in [6, 6.07) is 19.1. The van der Waals surface area contributed by atoms with Crippen LogP contribution in [0.25, 0.3) is 0 Å². The van der Waals surface area contributed by atoms with Crippen molar-refractivity contribution in [3.05, 3.63) is 87.6 Å². The van der Waals surface area contributed by atoms with E-state index in [1.54, 1.807) is 35.6 Å². The summed E-state index contributed by atoms with van der Waals surface area (Å²) in [5.41, 5.74) is 3.37. The predicted molar refractivity (Wildman–Crippen MR) is 120 cm³/mol. The number of rotatable bonds is 3. The molecular weight excluding hydrogens is 416 g/mol. The number of carbonyl (C=O) groups is 1. The molecule has 1 fully saturated rings. The van der Waals surface area contributed by atoms with Gasteiger partial charge in [-0.15, -0.1) is 11.3 Å². The fourth-order valence-corrected chi connectivity index (χ4v) is 6.88. The number of fused-ring (bicyclic) bond motifs is 1. The number of carbonyl (C=O) groups excluding carboxylic acids is 1. The largest absolute Gasteiger partial charge is 0.327 e. The normalized spacial score (nSPS) is 20.2. The smallest absolute Gasteiger partial charge is 0.254 e. The fraction of sp³-hybridized carbons (Fsp3) is 0.261. The molecule has 0 radical (unpaired) electrons. The van der Waals surface area contributed by atoms with Gasteiger partial charge in [0.2, 0.25) is 10.0 Å². The Hall–Kier alpha value is -2.64. The van der Waals surface area contributed by atoms with E-state index < -0.39 is 10.0 Å². The quantitative estimate of drug-likeness (QED) is 0.619. The van der Waals surface area contributed by atoms with Gasteiger partial charge in [-0.1, -0.05) is 36.4 Å². The van der Waals surface area contributed by atoms with Gasteiger partial charge in [0.1, 0.15) is 0 Å². The van der Waals surface area contributed by atoms with Crippen LogP contribution >= 0.6 is 11.3 Å². The van der Waals surface area contributed by atoms with E-state index in [0.29, 0.717) is 30.8 Å². The maximum absolute atomic E-state index is 13.6. The van der Waals surface area contributed by atoms with Crippen molar-refractivity contribution >= 4 is 33.0 Å². The third kappa shape index (κ3) is 3.32. The van der Waals surface area contributed by atoms with Gasteiger partial charge in [0, 0.05) is 23.5 Å². The van der Waals surface area contributed by atoms with Gasteiger partial charge in [0.05, 0.1) is 17.5 Å². The summed E-state index contributed by atoms with van der Waals surface area (Å²) in [5.74, 6) is 0.0908. The second kappa shape index (κ2) is 7.56. The van der Waals surface area contributed by atoms with Crippen LogP contribution in [0.2, 0.25) is 0 Å². The molecule has 154 valence electrons. The number of amides is 1. The first-order chi connectivity index (χ1) is 14.5. The number of hydrogen-bond donors (Lipinski definition) is 0. The Labute approximate surface area is 180 Å². The van der Waals surface area contributed by atoms with E-state index in [1.807, 2.05) is 23.1 Å². The van der Waals surface area contributed by atoms with E-state index in [9.17, 15) is 13.2 Å². The van der Waals surface area contributed by atoms with Crippen LogP contribution in [-0.4, -0.2) is 38.1 Å². The standard InChI is InChI=1S/C23H22N2O3S2/c26-23(18-8-4-9-19(16-18)25-12-5-15-30(25,27)28)24-13-10-21-20(11-14-29-21)22(24)17-6-2-1-3-7-17/h1-4,6-9,11,14,16,22H,5,10,12-13,15H2. The molecule has 1 amide bonds. The topological polar surface area (TPSA) is 57.7 Å². The van der Waals surface area contributed by atoms with Gasteiger partial charge in [-0.3, -0.25) is 9.10 Å². The zero-order valence-electron chi connectivity index (χ0n) is 16.4. The van der Waals surface area contributed by atoms with Crippen molar-refractivity contribution in [2.75, 3.05) is 23.1 Å². The van der Waals surface area contributed by atoms with Gasteiger partial charge in [-0.2, -0.15) is 0 Å². The third-order valence-electron chi connectivity index (χ3n) is 5.82. The van der Waals surface area contributed by atoms with Crippen molar-refractivity contribution in [3.8, 4) is 0 Å². The highest BCUT2D eigenvalue weighted by Gasteiger charge is 2.34. The lowest BCUT2D eigenvalue weighted by Gasteiger charge is -2.36. The van der Waals surface area contributed by atoms with Crippen molar-refractivity contribution in [2.24, 2.45) is 0 Å². The number of anilines is 1. The summed E-state index contributed by atoms with van der Waals surface area (Å²) in [7, 11) is -3.28. The predicted octanol–water partition coefficient (Wildman–Crippen LogP) is 4.08. The van der Waals surface area contributed by atoms with Crippen LogP contribution in [-0.2, 0) is 16.4 Å². The Kier molecular flexibility index (Phi) is 4.87. The summed E-state index contributed by atoms with van der Waals surface area (Å²) >= 11 is 1.74. The molecule has 3 aromatic rings. The molecular formula is C23H22N2O3S2. The van der Waals surface area contributed by atoms with Gasteiger partial charge in [-0.05, 0) is 53.6 Å². The van der Waals surface area contributed by atoms with Crippen molar-refractivity contribution in [2.45, 2.75) is 18.9 Å². The molecule has 2 aliphatic heterocycles. The molecule has 1 saturated heterocycles. The second-order valence-electron chi connectivity index (χ2n) is 7.65. The zero-order valence-corrected chi connectivity index (χ0v) is 18.0. The average Bonchev–Trinajstić information content (AvgIpc) is 3.38. The highest BCUT2D eigenvalue weighted by Crippen LogP contribution is 2.38. The van der Waals surface area contributed by atoms with Crippen LogP contribution in [0.5, 0.6) is 0 Å². The van der Waals surface area contributed by atoms with E-state index in [-0.39, 0.29) is 17.7 Å². The molecule has 2 aliphatic rings. The number of nitrogens with zero attached hydrogens (tertiary/aromatic N) is 2. The van der Waals surface area contributed by atoms with Crippen molar-refractivity contribution in [1.29, 1.82) is 0 Å². The molecule has 0 spiro atoms. The maximum Gasteiger partial charge on any atom is 0.254 e. The van der Waals surface area contributed by atoms with Crippen LogP contribution in [0.3, 0.4) is 0 Å². The Morgan fingerprint density at radius 3 is 2.60 bits per heavy atom. The Bertz CT molecular complexity index is 1190. The molecule has 7 heteroatoms. The minimum absolute atomic E-state index is 0.0702. The molecule has 1 aromatic heterocycles. The fourth-order valence-electron chi connectivity index (χ4n) is 4.42. The molecule has 1 unspecified atom stereocenters. The van der Waals surface area contributed by atoms with Crippen molar-refractivity contribution < 1.29 is 13.2 Å². The lowest BCUT2D eigenvalue weighted by atomic mass is 9.92. The lowest BCUT2D eigenvalue weighted by Crippen LogP contribution is -2.40. The van der Waals surface area contributed by atoms with E-state index in [1.165, 1.54) is 14.7 Å². The van der Waals surface area contributed by atoms with E-state index in [4.69, 9.17) is 0 Å². The van der Waals surface area contributed by atoms with E-state index in [2.05, 4.69) is 23.6 Å². The molecule has 0 N–H and O–H groups in total. The molecule has 2 aromatic carbocycles. The average molecular weight is 439 g/mol. The number of sulfonamides is 1. The Balaban J connectivity index is 1.52. The van der Waals surface area contributed by atoms with Crippen LogP contribution < -0.4 is 4.31 Å². The highest BCUT2D eigenvalue weighted by molar-refractivity contribution is 7.93. The first-order valence-electron chi connectivity index (χ1n) is 10.1.